The third-order valence-corrected chi connectivity index (χ3v) is 4.03. The first-order valence-corrected chi connectivity index (χ1v) is 8.96. The lowest BCUT2D eigenvalue weighted by Gasteiger charge is -2.15. The smallest absolute Gasteiger partial charge is 0.291 e. The molecule has 0 aliphatic rings. The molecule has 2 aromatic heterocycles. The number of nitrogens with zero attached hydrogens (tertiary/aromatic N) is 4. The fourth-order valence-electron chi connectivity index (χ4n) is 2.78. The summed E-state index contributed by atoms with van der Waals surface area (Å²) in [5, 5.41) is 20.4. The second kappa shape index (κ2) is 7.79. The van der Waals surface area contributed by atoms with Crippen LogP contribution in [0.25, 0.3) is 0 Å². The van der Waals surface area contributed by atoms with Crippen molar-refractivity contribution in [1.29, 1.82) is 0 Å². The molecule has 0 saturated heterocycles. The maximum atomic E-state index is 13.3. The zero-order valence-electron chi connectivity index (χ0n) is 16.4. The van der Waals surface area contributed by atoms with Gasteiger partial charge in [0.25, 0.3) is 0 Å². The molecule has 1 aromatic carbocycles. The van der Waals surface area contributed by atoms with Gasteiger partial charge in [-0.05, 0) is 36.5 Å². The summed E-state index contributed by atoms with van der Waals surface area (Å²) in [6.07, 6.45) is 0.816. The monoisotopic (exact) mass is 385 g/mol. The Balaban J connectivity index is 1.61. The van der Waals surface area contributed by atoms with E-state index in [0.717, 1.165) is 17.7 Å². The molecule has 0 fully saturated rings. The van der Waals surface area contributed by atoms with Crippen molar-refractivity contribution >= 4 is 17.7 Å². The highest BCUT2D eigenvalue weighted by atomic mass is 19.1. The van der Waals surface area contributed by atoms with Crippen molar-refractivity contribution in [2.75, 3.05) is 10.6 Å². The number of carbonyl (C=O) groups is 1. The molecule has 3 N–H and O–H groups in total. The number of aromatic amines is 1. The van der Waals surface area contributed by atoms with Gasteiger partial charge in [-0.15, -0.1) is 5.10 Å². The molecule has 2 amide bonds. The Morgan fingerprint density at radius 2 is 2.04 bits per heavy atom. The Kier molecular flexibility index (Phi) is 5.43. The van der Waals surface area contributed by atoms with Crippen LogP contribution in [0.4, 0.5) is 20.8 Å². The van der Waals surface area contributed by atoms with Crippen LogP contribution in [0, 0.1) is 18.2 Å². The molecular weight excluding hydrogens is 361 g/mol. The molecule has 0 unspecified atom stereocenters. The zero-order valence-corrected chi connectivity index (χ0v) is 16.4. The lowest BCUT2D eigenvalue weighted by Crippen LogP contribution is -2.20. The van der Waals surface area contributed by atoms with Gasteiger partial charge < -0.3 is 0 Å². The normalized spacial score (nSPS) is 11.5. The molecule has 8 nitrogen and oxygen atoms in total. The van der Waals surface area contributed by atoms with E-state index in [9.17, 15) is 9.18 Å². The summed E-state index contributed by atoms with van der Waals surface area (Å²) >= 11 is 0. The summed E-state index contributed by atoms with van der Waals surface area (Å²) in [7, 11) is 0. The van der Waals surface area contributed by atoms with Crippen molar-refractivity contribution in [2.45, 2.75) is 40.7 Å². The number of rotatable bonds is 5. The Morgan fingerprint density at radius 1 is 1.25 bits per heavy atom. The van der Waals surface area contributed by atoms with Crippen LogP contribution in [-0.2, 0) is 13.0 Å². The van der Waals surface area contributed by atoms with Crippen molar-refractivity contribution in [3.8, 4) is 0 Å². The number of carbonyl (C=O) groups excluding carboxylic acids is 1. The summed E-state index contributed by atoms with van der Waals surface area (Å²) in [5.74, 6) is 0.457. The van der Waals surface area contributed by atoms with Crippen LogP contribution in [-0.4, -0.2) is 31.2 Å². The number of halogens is 1. The van der Waals surface area contributed by atoms with E-state index in [1.165, 1.54) is 12.1 Å². The molecule has 148 valence electrons. The summed E-state index contributed by atoms with van der Waals surface area (Å²) in [5.41, 5.74) is 2.48. The van der Waals surface area contributed by atoms with Gasteiger partial charge in [-0.25, -0.2) is 13.9 Å². The number of amides is 2. The minimum Gasteiger partial charge on any atom is -0.291 e. The molecule has 3 rings (SSSR count). The lowest BCUT2D eigenvalue weighted by molar-refractivity contribution is 0.262. The third-order valence-electron chi connectivity index (χ3n) is 4.03. The van der Waals surface area contributed by atoms with E-state index in [-0.39, 0.29) is 11.2 Å². The van der Waals surface area contributed by atoms with Crippen LogP contribution >= 0.6 is 0 Å². The molecule has 0 aliphatic heterocycles. The Hall–Kier alpha value is -3.23. The van der Waals surface area contributed by atoms with Gasteiger partial charge in [0.1, 0.15) is 5.82 Å². The fourth-order valence-corrected chi connectivity index (χ4v) is 2.78. The number of anilines is 2. The Labute approximate surface area is 162 Å². The Bertz CT molecular complexity index is 971. The molecule has 3 aromatic rings. The van der Waals surface area contributed by atoms with Gasteiger partial charge in [0.05, 0.1) is 12.2 Å². The molecule has 9 heteroatoms. The van der Waals surface area contributed by atoms with Crippen LogP contribution in [0.15, 0.2) is 30.3 Å². The summed E-state index contributed by atoms with van der Waals surface area (Å²) in [6, 6.07) is 7.61. The highest BCUT2D eigenvalue weighted by molar-refractivity contribution is 5.98. The van der Waals surface area contributed by atoms with E-state index < -0.39 is 6.03 Å². The zero-order chi connectivity index (χ0) is 20.3. The highest BCUT2D eigenvalue weighted by Gasteiger charge is 2.16. The van der Waals surface area contributed by atoms with Crippen LogP contribution < -0.4 is 10.6 Å². The number of urea groups is 1. The van der Waals surface area contributed by atoms with Crippen LogP contribution in [0.1, 0.15) is 37.7 Å². The largest absolute Gasteiger partial charge is 0.326 e. The average Bonchev–Trinajstić information content (AvgIpc) is 3.14. The van der Waals surface area contributed by atoms with E-state index in [1.54, 1.807) is 29.8 Å². The Morgan fingerprint density at radius 3 is 2.75 bits per heavy atom. The van der Waals surface area contributed by atoms with Crippen molar-refractivity contribution in [1.82, 2.24) is 25.2 Å². The maximum absolute atomic E-state index is 13.3. The predicted molar refractivity (Wildman–Crippen MR) is 105 cm³/mol. The van der Waals surface area contributed by atoms with Gasteiger partial charge >= 0.3 is 6.03 Å². The average molecular weight is 385 g/mol. The quantitative estimate of drug-likeness (QED) is 0.623. The van der Waals surface area contributed by atoms with Crippen LogP contribution in [0.3, 0.4) is 0 Å². The van der Waals surface area contributed by atoms with E-state index in [4.69, 9.17) is 0 Å². The standard InChI is InChI=1S/C19H24FN7O/c1-12-17(25-26-27(12)11-13-6-5-7-14(20)8-13)22-18(28)21-16-9-15(23-24-16)10-19(2,3)4/h5-9H,10-11H2,1-4H3,(H3,21,22,23,24,28). The second-order valence-electron chi connectivity index (χ2n) is 7.91. The van der Waals surface area contributed by atoms with Gasteiger partial charge in [-0.1, -0.05) is 38.1 Å². The highest BCUT2D eigenvalue weighted by Crippen LogP contribution is 2.20. The summed E-state index contributed by atoms with van der Waals surface area (Å²) < 4.78 is 14.9. The van der Waals surface area contributed by atoms with Gasteiger partial charge in [-0.2, -0.15) is 5.10 Å². The topological polar surface area (TPSA) is 101 Å². The molecule has 0 aliphatic carbocycles. The number of H-pyrrole nitrogens is 1. The van der Waals surface area contributed by atoms with E-state index in [2.05, 4.69) is 51.9 Å². The van der Waals surface area contributed by atoms with Crippen molar-refractivity contribution < 1.29 is 9.18 Å². The second-order valence-corrected chi connectivity index (χ2v) is 7.91. The van der Waals surface area contributed by atoms with Gasteiger partial charge in [0.2, 0.25) is 0 Å². The minimum atomic E-state index is -0.463. The first-order chi connectivity index (χ1) is 13.2. The maximum Gasteiger partial charge on any atom is 0.326 e. The third kappa shape index (κ3) is 5.15. The molecular formula is C19H24FN7O. The minimum absolute atomic E-state index is 0.114. The van der Waals surface area contributed by atoms with Crippen molar-refractivity contribution in [3.05, 3.63) is 53.1 Å². The molecule has 0 bridgehead atoms. The number of hydrogen-bond donors (Lipinski definition) is 3. The van der Waals surface area contributed by atoms with Crippen molar-refractivity contribution in [3.63, 3.8) is 0 Å². The van der Waals surface area contributed by atoms with E-state index in [0.29, 0.717) is 23.9 Å². The first kappa shape index (κ1) is 19.5. The molecule has 0 spiro atoms. The van der Waals surface area contributed by atoms with E-state index in [1.807, 2.05) is 0 Å². The lowest BCUT2D eigenvalue weighted by atomic mass is 9.91. The molecule has 0 saturated carbocycles. The van der Waals surface area contributed by atoms with Crippen LogP contribution in [0.5, 0.6) is 0 Å². The molecule has 2 heterocycles. The molecule has 0 radical (unpaired) electrons. The van der Waals surface area contributed by atoms with Gasteiger partial charge in [0, 0.05) is 11.8 Å². The number of nitrogens with one attached hydrogen (secondary N) is 3. The SMILES string of the molecule is Cc1c(NC(=O)Nc2cc(CC(C)(C)C)[nH]n2)nnn1Cc1cccc(F)c1. The number of aromatic nitrogens is 5. The van der Waals surface area contributed by atoms with Crippen LogP contribution in [0.2, 0.25) is 0 Å². The first-order valence-electron chi connectivity index (χ1n) is 8.96. The van der Waals surface area contributed by atoms with Gasteiger partial charge in [0.15, 0.2) is 11.6 Å². The number of benzene rings is 1. The molecule has 28 heavy (non-hydrogen) atoms. The molecule has 0 atom stereocenters. The predicted octanol–water partition coefficient (Wildman–Crippen LogP) is 3.73. The van der Waals surface area contributed by atoms with Gasteiger partial charge in [-0.3, -0.25) is 15.7 Å². The van der Waals surface area contributed by atoms with E-state index >= 15 is 0 Å². The fraction of sp³-hybridized carbons (Fsp3) is 0.368. The summed E-state index contributed by atoms with van der Waals surface area (Å²) in [6.45, 7) is 8.52. The van der Waals surface area contributed by atoms with Crippen molar-refractivity contribution in [2.24, 2.45) is 5.41 Å². The number of hydrogen-bond acceptors (Lipinski definition) is 4. The summed E-state index contributed by atoms with van der Waals surface area (Å²) in [4.78, 5) is 12.2.